The van der Waals surface area contributed by atoms with Gasteiger partial charge in [-0.1, -0.05) is 24.1 Å². The van der Waals surface area contributed by atoms with Crippen LogP contribution >= 0.6 is 0 Å². The van der Waals surface area contributed by atoms with Crippen molar-refractivity contribution in [3.63, 3.8) is 0 Å². The Bertz CT molecular complexity index is 1110. The third-order valence-electron chi connectivity index (χ3n) is 8.27. The van der Waals surface area contributed by atoms with Gasteiger partial charge in [-0.05, 0) is 62.6 Å². The Kier molecular flexibility index (Phi) is 4.82. The Hall–Kier alpha value is -2.67. The van der Waals surface area contributed by atoms with Crippen LogP contribution < -0.4 is 0 Å². The largest absolute Gasteiger partial charge is 0.338 e. The van der Waals surface area contributed by atoms with Gasteiger partial charge in [-0.3, -0.25) is 19.8 Å². The molecule has 7 heteroatoms. The number of nitro groups is 1. The minimum absolute atomic E-state index is 0.0912. The molecule has 1 amide bonds. The van der Waals surface area contributed by atoms with E-state index in [0.29, 0.717) is 23.3 Å². The van der Waals surface area contributed by atoms with Crippen LogP contribution in [0.25, 0.3) is 10.9 Å². The highest BCUT2D eigenvalue weighted by molar-refractivity contribution is 5.90. The fraction of sp³-hybridized carbons (Fsp3) is 0.560. The van der Waals surface area contributed by atoms with E-state index >= 15 is 0 Å². The van der Waals surface area contributed by atoms with Crippen molar-refractivity contribution < 1.29 is 9.72 Å². The maximum Gasteiger partial charge on any atom is 0.278 e. The van der Waals surface area contributed by atoms with Gasteiger partial charge in [-0.25, -0.2) is 0 Å². The highest BCUT2D eigenvalue weighted by Gasteiger charge is 2.46. The number of hydrogen-bond acceptors (Lipinski definition) is 4. The number of non-ortho nitro benzene ring substituents is 1. The third-order valence-corrected chi connectivity index (χ3v) is 8.27. The molecular formula is C25H30N4O3. The molecule has 0 spiro atoms. The minimum atomic E-state index is -0.356. The van der Waals surface area contributed by atoms with Gasteiger partial charge in [-0.15, -0.1) is 0 Å². The van der Waals surface area contributed by atoms with E-state index in [-0.39, 0.29) is 29.1 Å². The Labute approximate surface area is 187 Å². The number of aromatic nitrogens is 1. The zero-order valence-corrected chi connectivity index (χ0v) is 18.4. The van der Waals surface area contributed by atoms with Crippen molar-refractivity contribution in [3.8, 4) is 0 Å². The zero-order valence-electron chi connectivity index (χ0n) is 18.4. The number of fused-ring (bicyclic) bond motifs is 7. The fourth-order valence-corrected chi connectivity index (χ4v) is 6.99. The summed E-state index contributed by atoms with van der Waals surface area (Å²) in [6, 6.07) is 7.77. The van der Waals surface area contributed by atoms with E-state index in [4.69, 9.17) is 0 Å². The van der Waals surface area contributed by atoms with Gasteiger partial charge in [0, 0.05) is 31.4 Å². The number of rotatable bonds is 3. The Morgan fingerprint density at radius 1 is 1.16 bits per heavy atom. The van der Waals surface area contributed by atoms with Gasteiger partial charge in [0.1, 0.15) is 6.54 Å². The summed E-state index contributed by atoms with van der Waals surface area (Å²) in [6.45, 7) is 3.36. The number of piperidine rings is 3. The fourth-order valence-electron chi connectivity index (χ4n) is 6.99. The van der Waals surface area contributed by atoms with Crippen LogP contribution in [-0.4, -0.2) is 56.9 Å². The predicted molar refractivity (Wildman–Crippen MR) is 122 cm³/mol. The molecule has 6 rings (SSSR count). The molecule has 1 aromatic heterocycles. The van der Waals surface area contributed by atoms with Gasteiger partial charge >= 0.3 is 0 Å². The molecule has 0 saturated carbocycles. The quantitative estimate of drug-likeness (QED) is 0.416. The standard InChI is InChI=1S/C25H30N4O3/c30-24(16-27-12-9-20-22(27)7-3-8-23(20)29(31)32)28-11-4-5-17-13-18-14-19(25(17)28)15-26-10-2-1-6-21(18)26/h3,7-9,12-13,18-19,21,25H,1-2,4-6,10-11,14-16H2/t18?,19?,21-,25-/m1/s1. The Morgan fingerprint density at radius 2 is 2.06 bits per heavy atom. The molecule has 3 fully saturated rings. The monoisotopic (exact) mass is 434 g/mol. The summed E-state index contributed by atoms with van der Waals surface area (Å²) in [5.41, 5.74) is 2.33. The predicted octanol–water partition coefficient (Wildman–Crippen LogP) is 3.97. The average Bonchev–Trinajstić information content (AvgIpc) is 3.21. The summed E-state index contributed by atoms with van der Waals surface area (Å²) in [4.78, 5) is 29.4. The Balaban J connectivity index is 1.27. The van der Waals surface area contributed by atoms with E-state index in [2.05, 4.69) is 15.9 Å². The second kappa shape index (κ2) is 7.73. The summed E-state index contributed by atoms with van der Waals surface area (Å²) < 4.78 is 1.87. The first-order chi connectivity index (χ1) is 15.6. The molecule has 32 heavy (non-hydrogen) atoms. The lowest BCUT2D eigenvalue weighted by molar-refractivity contribution is -0.383. The topological polar surface area (TPSA) is 71.6 Å². The molecule has 4 atom stereocenters. The zero-order chi connectivity index (χ0) is 21.8. The number of benzene rings is 1. The molecule has 168 valence electrons. The highest BCUT2D eigenvalue weighted by Crippen LogP contribution is 2.45. The van der Waals surface area contributed by atoms with Gasteiger partial charge in [-0.2, -0.15) is 0 Å². The van der Waals surface area contributed by atoms with Crippen LogP contribution in [0.5, 0.6) is 0 Å². The second-order valence-electron chi connectivity index (χ2n) is 10.0. The third kappa shape index (κ3) is 3.17. The normalized spacial score (nSPS) is 29.9. The van der Waals surface area contributed by atoms with Gasteiger partial charge in [0.25, 0.3) is 5.69 Å². The summed E-state index contributed by atoms with van der Waals surface area (Å²) in [7, 11) is 0. The van der Waals surface area contributed by atoms with Crippen molar-refractivity contribution in [2.75, 3.05) is 19.6 Å². The van der Waals surface area contributed by atoms with Crippen molar-refractivity contribution >= 4 is 22.5 Å². The molecule has 2 bridgehead atoms. The van der Waals surface area contributed by atoms with Crippen LogP contribution in [0.4, 0.5) is 5.69 Å². The number of carbonyl (C=O) groups excluding carboxylic acids is 1. The average molecular weight is 435 g/mol. The molecule has 4 aliphatic rings. The SMILES string of the molecule is O=C(Cn1ccc2c([N+](=O)[O-])cccc21)N1CCCC2=CC3CC(CN4CCCC[C@H]34)[C@@H]21. The minimum Gasteiger partial charge on any atom is -0.338 e. The van der Waals surface area contributed by atoms with Crippen LogP contribution in [0.1, 0.15) is 38.5 Å². The summed E-state index contributed by atoms with van der Waals surface area (Å²) >= 11 is 0. The maximum atomic E-state index is 13.6. The first kappa shape index (κ1) is 20.0. The first-order valence-electron chi connectivity index (χ1n) is 12.1. The van der Waals surface area contributed by atoms with E-state index < -0.39 is 0 Å². The van der Waals surface area contributed by atoms with E-state index in [1.165, 1.54) is 43.9 Å². The van der Waals surface area contributed by atoms with Crippen molar-refractivity contribution in [2.24, 2.45) is 11.8 Å². The molecule has 1 aromatic carbocycles. The van der Waals surface area contributed by atoms with Gasteiger partial charge in [0.05, 0.1) is 21.9 Å². The molecule has 2 aromatic rings. The summed E-state index contributed by atoms with van der Waals surface area (Å²) in [6.07, 6.45) is 11.7. The van der Waals surface area contributed by atoms with E-state index in [9.17, 15) is 14.9 Å². The summed E-state index contributed by atoms with van der Waals surface area (Å²) in [5.74, 6) is 1.31. The molecule has 0 radical (unpaired) electrons. The van der Waals surface area contributed by atoms with Crippen molar-refractivity contribution in [1.82, 2.24) is 14.4 Å². The molecule has 0 N–H and O–H groups in total. The van der Waals surface area contributed by atoms with Gasteiger partial charge < -0.3 is 9.47 Å². The molecular weight excluding hydrogens is 404 g/mol. The van der Waals surface area contributed by atoms with Crippen LogP contribution in [0.15, 0.2) is 42.1 Å². The Morgan fingerprint density at radius 3 is 2.94 bits per heavy atom. The second-order valence-corrected chi connectivity index (χ2v) is 10.0. The molecule has 3 aliphatic heterocycles. The van der Waals surface area contributed by atoms with Gasteiger partial charge in [0.15, 0.2) is 0 Å². The first-order valence-corrected chi connectivity index (χ1v) is 12.1. The maximum absolute atomic E-state index is 13.6. The van der Waals surface area contributed by atoms with E-state index in [1.54, 1.807) is 12.1 Å². The smallest absolute Gasteiger partial charge is 0.278 e. The number of nitrogens with zero attached hydrogens (tertiary/aromatic N) is 4. The van der Waals surface area contributed by atoms with E-state index in [0.717, 1.165) is 31.4 Å². The number of carbonyl (C=O) groups is 1. The number of nitro benzene ring substituents is 1. The van der Waals surface area contributed by atoms with Crippen LogP contribution in [0.3, 0.4) is 0 Å². The van der Waals surface area contributed by atoms with Crippen molar-refractivity contribution in [2.45, 2.75) is 57.2 Å². The van der Waals surface area contributed by atoms with Crippen LogP contribution in [0, 0.1) is 22.0 Å². The highest BCUT2D eigenvalue weighted by atomic mass is 16.6. The summed E-state index contributed by atoms with van der Waals surface area (Å²) in [5, 5.41) is 12.0. The molecule has 3 saturated heterocycles. The lowest BCUT2D eigenvalue weighted by Gasteiger charge is -2.54. The van der Waals surface area contributed by atoms with Crippen LogP contribution in [0.2, 0.25) is 0 Å². The van der Waals surface area contributed by atoms with E-state index in [1.807, 2.05) is 16.8 Å². The van der Waals surface area contributed by atoms with Crippen molar-refractivity contribution in [3.05, 3.63) is 52.2 Å². The molecule has 1 aliphatic carbocycles. The lowest BCUT2D eigenvalue weighted by atomic mass is 9.68. The molecule has 2 unspecified atom stereocenters. The molecule has 7 nitrogen and oxygen atoms in total. The number of likely N-dealkylation sites (tertiary alicyclic amines) is 1. The van der Waals surface area contributed by atoms with Crippen LogP contribution in [-0.2, 0) is 11.3 Å². The number of hydrogen-bond donors (Lipinski definition) is 0. The molecule has 4 heterocycles. The van der Waals surface area contributed by atoms with Crippen molar-refractivity contribution in [1.29, 1.82) is 0 Å². The lowest BCUT2D eigenvalue weighted by Crippen LogP contribution is -2.60. The number of amides is 1. The van der Waals surface area contributed by atoms with Gasteiger partial charge in [0.2, 0.25) is 5.91 Å².